The van der Waals surface area contributed by atoms with E-state index >= 15 is 0 Å². The molecule has 1 saturated carbocycles. The number of aliphatic carboxylic acids is 1. The molecule has 51 heavy (non-hydrogen) atoms. The number of benzene rings is 3. The zero-order chi connectivity index (χ0) is 36.7. The largest absolute Gasteiger partial charge is 0.495 e. The minimum absolute atomic E-state index is 0.108. The number of hydrogen-bond acceptors (Lipinski definition) is 9. The summed E-state index contributed by atoms with van der Waals surface area (Å²) in [5, 5.41) is 18.6. The Kier molecular flexibility index (Phi) is 11.7. The lowest BCUT2D eigenvalue weighted by Gasteiger charge is -2.29. The lowest BCUT2D eigenvalue weighted by atomic mass is 10.00. The monoisotopic (exact) mass is 701 g/mol. The number of nitrogens with one attached hydrogen (secondary N) is 3. The molecule has 2 unspecified atom stereocenters. The Morgan fingerprint density at radius 2 is 1.80 bits per heavy atom. The molecule has 3 aliphatic rings. The summed E-state index contributed by atoms with van der Waals surface area (Å²) in [5.41, 5.74) is 3.34. The van der Waals surface area contributed by atoms with Crippen molar-refractivity contribution in [3.63, 3.8) is 0 Å². The van der Waals surface area contributed by atoms with Crippen LogP contribution in [-0.4, -0.2) is 78.3 Å². The van der Waals surface area contributed by atoms with Gasteiger partial charge in [-0.1, -0.05) is 43.2 Å². The highest BCUT2D eigenvalue weighted by Crippen LogP contribution is 2.39. The highest BCUT2D eigenvalue weighted by atomic mass is 16.7. The van der Waals surface area contributed by atoms with Crippen molar-refractivity contribution in [3.05, 3.63) is 77.4 Å². The Morgan fingerprint density at radius 3 is 2.45 bits per heavy atom. The van der Waals surface area contributed by atoms with E-state index in [9.17, 15) is 24.3 Å². The molecule has 0 spiro atoms. The molecule has 0 bridgehead atoms. The maximum absolute atomic E-state index is 13.9. The van der Waals surface area contributed by atoms with Crippen LogP contribution in [0.2, 0.25) is 0 Å². The maximum Gasteiger partial charge on any atom is 0.328 e. The van der Waals surface area contributed by atoms with Crippen LogP contribution >= 0.6 is 0 Å². The highest BCUT2D eigenvalue weighted by molar-refractivity contribution is 6.06. The van der Waals surface area contributed by atoms with Crippen LogP contribution in [0.15, 0.2) is 60.7 Å². The van der Waals surface area contributed by atoms with E-state index in [1.807, 2.05) is 19.2 Å². The summed E-state index contributed by atoms with van der Waals surface area (Å²) in [6.07, 6.45) is 3.06. The Hall–Kier alpha value is -5.30. The zero-order valence-corrected chi connectivity index (χ0v) is 29.7. The fraction of sp³-hybridized carbons (Fsp3) is 0.421. The van der Waals surface area contributed by atoms with Crippen molar-refractivity contribution in [2.75, 3.05) is 38.1 Å². The van der Waals surface area contributed by atoms with Gasteiger partial charge in [0.1, 0.15) is 11.3 Å². The van der Waals surface area contributed by atoms with Gasteiger partial charge in [0.25, 0.3) is 5.91 Å². The molecule has 3 aromatic rings. The average molecular weight is 702 g/mol. The lowest BCUT2D eigenvalue weighted by Crippen LogP contribution is -2.48. The number of anilines is 2. The van der Waals surface area contributed by atoms with Gasteiger partial charge in [-0.2, -0.15) is 0 Å². The molecule has 3 aromatic carbocycles. The van der Waals surface area contributed by atoms with E-state index in [-0.39, 0.29) is 32.2 Å². The molecule has 2 aliphatic heterocycles. The number of amides is 4. The van der Waals surface area contributed by atoms with Crippen molar-refractivity contribution < 1.29 is 38.5 Å². The van der Waals surface area contributed by atoms with Gasteiger partial charge in [-0.05, 0) is 80.1 Å². The molecule has 4 amide bonds. The second kappa shape index (κ2) is 16.2. The molecule has 2 atom stereocenters. The summed E-state index contributed by atoms with van der Waals surface area (Å²) >= 11 is 0. The van der Waals surface area contributed by atoms with Crippen LogP contribution in [-0.2, 0) is 20.9 Å². The molecule has 13 nitrogen and oxygen atoms in total. The van der Waals surface area contributed by atoms with Gasteiger partial charge in [0, 0.05) is 31.9 Å². The summed E-state index contributed by atoms with van der Waals surface area (Å²) < 4.78 is 16.3. The van der Waals surface area contributed by atoms with Gasteiger partial charge in [-0.15, -0.1) is 0 Å². The second-order valence-electron chi connectivity index (χ2n) is 13.5. The molecular formula is C38H47N5O8. The predicted octanol–water partition coefficient (Wildman–Crippen LogP) is 5.55. The van der Waals surface area contributed by atoms with Gasteiger partial charge in [0.2, 0.25) is 13.2 Å². The Bertz CT molecular complexity index is 1740. The van der Waals surface area contributed by atoms with Gasteiger partial charge in [0.05, 0.1) is 25.3 Å². The van der Waals surface area contributed by atoms with Crippen molar-refractivity contribution in [2.24, 2.45) is 5.92 Å². The normalized spacial score (nSPS) is 17.0. The number of para-hydroxylation sites is 1. The first-order valence-electron chi connectivity index (χ1n) is 17.1. The molecule has 4 N–H and O–H groups in total. The zero-order valence-electron chi connectivity index (χ0n) is 29.7. The van der Waals surface area contributed by atoms with E-state index in [1.165, 1.54) is 23.3 Å². The summed E-state index contributed by atoms with van der Waals surface area (Å²) in [6, 6.07) is 17.3. The minimum Gasteiger partial charge on any atom is -0.495 e. The van der Waals surface area contributed by atoms with Crippen LogP contribution in [0.25, 0.3) is 0 Å². The van der Waals surface area contributed by atoms with Gasteiger partial charge in [0.15, 0.2) is 11.5 Å². The third-order valence-corrected chi connectivity index (χ3v) is 9.53. The number of carbonyl (C=O) groups excluding carboxylic acids is 3. The standard InChI is InChI=1S/C30H36N4O8.C8H11N/c1-30(2)28(38)34(29(39)33(30)15-19-6-8-22(32-16-35)25(11-19)40-3)21(10-18-4-5-18)14-31-23(13-27(36)37)20-7-9-24-26(12-20)42-17-41-24;1-7-5-3-4-6-8(7)9-2/h6-9,11-12,16,18,21,23,31H,4-5,10,13-15,17H2,1-3H3,(H,32,35)(H,36,37);3-6,9H,1-2H3. The summed E-state index contributed by atoms with van der Waals surface area (Å²) in [5.74, 6) is 0.713. The van der Waals surface area contributed by atoms with E-state index < -0.39 is 29.6 Å². The van der Waals surface area contributed by atoms with Gasteiger partial charge in [-0.3, -0.25) is 19.3 Å². The van der Waals surface area contributed by atoms with Gasteiger partial charge >= 0.3 is 12.0 Å². The first kappa shape index (κ1) is 37.0. The number of carboxylic acids is 1. The summed E-state index contributed by atoms with van der Waals surface area (Å²) in [6.45, 7) is 6.06. The first-order valence-corrected chi connectivity index (χ1v) is 17.1. The lowest BCUT2D eigenvalue weighted by molar-refractivity contribution is -0.138. The molecular weight excluding hydrogens is 654 g/mol. The van der Waals surface area contributed by atoms with Crippen LogP contribution in [0, 0.1) is 12.8 Å². The number of rotatable bonds is 15. The van der Waals surface area contributed by atoms with Crippen LogP contribution < -0.4 is 30.2 Å². The number of aryl methyl sites for hydroxylation is 1. The van der Waals surface area contributed by atoms with Gasteiger partial charge < -0.3 is 40.2 Å². The Morgan fingerprint density at radius 1 is 1.06 bits per heavy atom. The summed E-state index contributed by atoms with van der Waals surface area (Å²) in [4.78, 5) is 53.3. The number of methoxy groups -OCH3 is 1. The Balaban J connectivity index is 0.000000488. The molecule has 6 rings (SSSR count). The third kappa shape index (κ3) is 8.72. The van der Waals surface area contributed by atoms with E-state index in [0.717, 1.165) is 18.4 Å². The molecule has 0 radical (unpaired) electrons. The number of carbonyl (C=O) groups is 4. The van der Waals surface area contributed by atoms with Crippen molar-refractivity contribution in [2.45, 2.75) is 70.6 Å². The van der Waals surface area contributed by atoms with Crippen LogP contribution in [0.4, 0.5) is 16.2 Å². The van der Waals surface area contributed by atoms with Crippen molar-refractivity contribution in [1.29, 1.82) is 0 Å². The predicted molar refractivity (Wildman–Crippen MR) is 192 cm³/mol. The van der Waals surface area contributed by atoms with Crippen molar-refractivity contribution in [1.82, 2.24) is 15.1 Å². The molecule has 1 saturated heterocycles. The SMILES string of the molecule is CNc1ccccc1C.COc1cc(CN2C(=O)N(C(CNC(CC(=O)O)c3ccc4c(c3)OCO4)CC3CC3)C(=O)C2(C)C)ccc1NC=O. The first-order chi connectivity index (χ1) is 24.5. The number of hydrogen-bond donors (Lipinski definition) is 4. The highest BCUT2D eigenvalue weighted by Gasteiger charge is 2.53. The van der Waals surface area contributed by atoms with E-state index in [1.54, 1.807) is 55.1 Å². The Labute approximate surface area is 298 Å². The van der Waals surface area contributed by atoms with Crippen LogP contribution in [0.1, 0.15) is 62.3 Å². The third-order valence-electron chi connectivity index (χ3n) is 9.53. The van der Waals surface area contributed by atoms with Crippen LogP contribution in [0.5, 0.6) is 17.2 Å². The quantitative estimate of drug-likeness (QED) is 0.117. The van der Waals surface area contributed by atoms with Crippen molar-refractivity contribution in [3.8, 4) is 17.2 Å². The number of nitrogens with zero attached hydrogens (tertiary/aromatic N) is 2. The molecule has 1 aliphatic carbocycles. The van der Waals surface area contributed by atoms with E-state index in [0.29, 0.717) is 47.2 Å². The topological polar surface area (TPSA) is 159 Å². The fourth-order valence-corrected chi connectivity index (χ4v) is 6.42. The molecule has 2 fully saturated rings. The average Bonchev–Trinajstić information content (AvgIpc) is 3.77. The van der Waals surface area contributed by atoms with Gasteiger partial charge in [-0.25, -0.2) is 4.79 Å². The number of imide groups is 1. The van der Waals surface area contributed by atoms with Crippen molar-refractivity contribution >= 4 is 35.7 Å². The summed E-state index contributed by atoms with van der Waals surface area (Å²) in [7, 11) is 3.42. The minimum atomic E-state index is -1.11. The molecule has 2 heterocycles. The fourth-order valence-electron chi connectivity index (χ4n) is 6.42. The molecule has 0 aromatic heterocycles. The van der Waals surface area contributed by atoms with Crippen LogP contribution in [0.3, 0.4) is 0 Å². The smallest absolute Gasteiger partial charge is 0.328 e. The number of urea groups is 1. The van der Waals surface area contributed by atoms with E-state index in [4.69, 9.17) is 14.2 Å². The number of ether oxygens (including phenoxy) is 3. The molecule has 13 heteroatoms. The maximum atomic E-state index is 13.9. The number of fused-ring (bicyclic) bond motifs is 1. The molecule has 272 valence electrons. The number of carboxylic acid groups (broad SMARTS) is 1. The second-order valence-corrected chi connectivity index (χ2v) is 13.5. The van der Waals surface area contributed by atoms with E-state index in [2.05, 4.69) is 35.0 Å².